The van der Waals surface area contributed by atoms with Gasteiger partial charge in [-0.25, -0.2) is 4.79 Å². The second-order valence-corrected chi connectivity index (χ2v) is 4.41. The van der Waals surface area contributed by atoms with E-state index in [-0.39, 0.29) is 5.97 Å². The van der Waals surface area contributed by atoms with Crippen LogP contribution in [0.5, 0.6) is 0 Å². The maximum Gasteiger partial charge on any atom is 0.330 e. The summed E-state index contributed by atoms with van der Waals surface area (Å²) in [5.41, 5.74) is 1.26. The molecule has 0 aromatic rings. The van der Waals surface area contributed by atoms with Gasteiger partial charge in [0.15, 0.2) is 0 Å². The molecule has 0 spiro atoms. The van der Waals surface area contributed by atoms with Crippen molar-refractivity contribution in [2.75, 3.05) is 6.61 Å². The van der Waals surface area contributed by atoms with E-state index in [1.807, 2.05) is 6.92 Å². The Morgan fingerprint density at radius 1 is 1.43 bits per heavy atom. The number of allylic oxidation sites excluding steroid dienone is 1. The molecule has 0 aliphatic heterocycles. The van der Waals surface area contributed by atoms with Gasteiger partial charge in [-0.3, -0.25) is 0 Å². The maximum absolute atomic E-state index is 11.2. The number of hydrogen-bond donors (Lipinski definition) is 0. The summed E-state index contributed by atoms with van der Waals surface area (Å²) in [7, 11) is 0. The second-order valence-electron chi connectivity index (χ2n) is 4.41. The van der Waals surface area contributed by atoms with Crippen molar-refractivity contribution in [1.82, 2.24) is 0 Å². The van der Waals surface area contributed by atoms with Gasteiger partial charge < -0.3 is 4.74 Å². The van der Waals surface area contributed by atoms with Crippen molar-refractivity contribution in [3.8, 4) is 0 Å². The molecule has 0 aromatic carbocycles. The van der Waals surface area contributed by atoms with Gasteiger partial charge in [0.05, 0.1) is 6.61 Å². The summed E-state index contributed by atoms with van der Waals surface area (Å²) in [6.07, 6.45) is 5.09. The molecular weight excluding hydrogens is 176 g/mol. The first kappa shape index (κ1) is 11.3. The lowest BCUT2D eigenvalue weighted by atomic mass is 9.80. The zero-order chi connectivity index (χ0) is 10.6. The fourth-order valence-electron chi connectivity index (χ4n) is 2.30. The molecule has 1 aliphatic rings. The lowest BCUT2D eigenvalue weighted by Crippen LogP contribution is -2.14. The molecular formula is C12H20O2. The molecule has 2 nitrogen and oxygen atoms in total. The van der Waals surface area contributed by atoms with E-state index in [9.17, 15) is 4.79 Å². The molecule has 1 fully saturated rings. The Hall–Kier alpha value is -0.790. The van der Waals surface area contributed by atoms with Crippen LogP contribution >= 0.6 is 0 Å². The molecule has 0 saturated heterocycles. The zero-order valence-electron chi connectivity index (χ0n) is 9.38. The Bertz CT molecular complexity index is 218. The molecule has 1 saturated carbocycles. The smallest absolute Gasteiger partial charge is 0.330 e. The van der Waals surface area contributed by atoms with Gasteiger partial charge in [-0.1, -0.05) is 19.4 Å². The summed E-state index contributed by atoms with van der Waals surface area (Å²) in [4.78, 5) is 11.2. The second kappa shape index (κ2) is 5.18. The first-order valence-corrected chi connectivity index (χ1v) is 5.48. The van der Waals surface area contributed by atoms with Gasteiger partial charge in [-0.15, -0.1) is 0 Å². The van der Waals surface area contributed by atoms with Gasteiger partial charge in [0.1, 0.15) is 0 Å². The fourth-order valence-corrected chi connectivity index (χ4v) is 2.30. The van der Waals surface area contributed by atoms with Crippen molar-refractivity contribution in [2.24, 2.45) is 11.8 Å². The van der Waals surface area contributed by atoms with Crippen LogP contribution in [-0.2, 0) is 9.53 Å². The van der Waals surface area contributed by atoms with E-state index < -0.39 is 0 Å². The molecule has 0 radical (unpaired) electrons. The SMILES string of the molecule is CCOC(=O)C=C1C[C@@H](C)C[C@@H](C)C1. The van der Waals surface area contributed by atoms with Crippen LogP contribution in [0.2, 0.25) is 0 Å². The summed E-state index contributed by atoms with van der Waals surface area (Å²) in [5, 5.41) is 0. The number of hydrogen-bond acceptors (Lipinski definition) is 2. The average Bonchev–Trinajstić information content (AvgIpc) is 2.01. The highest BCUT2D eigenvalue weighted by atomic mass is 16.5. The molecule has 2 atom stereocenters. The van der Waals surface area contributed by atoms with E-state index in [1.54, 1.807) is 6.08 Å². The summed E-state index contributed by atoms with van der Waals surface area (Å²) >= 11 is 0. The van der Waals surface area contributed by atoms with Crippen LogP contribution in [0.3, 0.4) is 0 Å². The molecule has 2 heteroatoms. The quantitative estimate of drug-likeness (QED) is 0.501. The van der Waals surface area contributed by atoms with Crippen molar-refractivity contribution in [1.29, 1.82) is 0 Å². The normalized spacial score (nSPS) is 30.4. The van der Waals surface area contributed by atoms with Crippen LogP contribution in [-0.4, -0.2) is 12.6 Å². The molecule has 80 valence electrons. The topological polar surface area (TPSA) is 26.3 Å². The Morgan fingerprint density at radius 2 is 2.00 bits per heavy atom. The molecule has 0 N–H and O–H groups in total. The van der Waals surface area contributed by atoms with E-state index in [2.05, 4.69) is 13.8 Å². The number of esters is 1. The van der Waals surface area contributed by atoms with Gasteiger partial charge in [0.25, 0.3) is 0 Å². The molecule has 0 bridgehead atoms. The predicted molar refractivity (Wildman–Crippen MR) is 56.9 cm³/mol. The lowest BCUT2D eigenvalue weighted by Gasteiger charge is -2.26. The minimum absolute atomic E-state index is 0.177. The highest BCUT2D eigenvalue weighted by Crippen LogP contribution is 2.32. The molecule has 1 rings (SSSR count). The molecule has 14 heavy (non-hydrogen) atoms. The van der Waals surface area contributed by atoms with Crippen LogP contribution in [0.25, 0.3) is 0 Å². The molecule has 1 aliphatic carbocycles. The van der Waals surface area contributed by atoms with Gasteiger partial charge in [0, 0.05) is 6.08 Å². The minimum Gasteiger partial charge on any atom is -0.463 e. The molecule has 0 heterocycles. The Balaban J connectivity index is 2.53. The van der Waals surface area contributed by atoms with E-state index in [0.717, 1.165) is 12.8 Å². The maximum atomic E-state index is 11.2. The van der Waals surface area contributed by atoms with Crippen LogP contribution in [0.15, 0.2) is 11.6 Å². The first-order chi connectivity index (χ1) is 6.61. The van der Waals surface area contributed by atoms with Gasteiger partial charge in [-0.2, -0.15) is 0 Å². The van der Waals surface area contributed by atoms with Crippen molar-refractivity contribution in [2.45, 2.75) is 40.0 Å². The third kappa shape index (κ3) is 3.52. The van der Waals surface area contributed by atoms with Gasteiger partial charge in [0.2, 0.25) is 0 Å². The average molecular weight is 196 g/mol. The van der Waals surface area contributed by atoms with Crippen LogP contribution in [0.4, 0.5) is 0 Å². The summed E-state index contributed by atoms with van der Waals surface area (Å²) in [5.74, 6) is 1.24. The van der Waals surface area contributed by atoms with Crippen molar-refractivity contribution in [3.63, 3.8) is 0 Å². The highest BCUT2D eigenvalue weighted by Gasteiger charge is 2.19. The first-order valence-electron chi connectivity index (χ1n) is 5.48. The summed E-state index contributed by atoms with van der Waals surface area (Å²) < 4.78 is 4.90. The van der Waals surface area contributed by atoms with Crippen molar-refractivity contribution >= 4 is 5.97 Å². The van der Waals surface area contributed by atoms with Crippen LogP contribution in [0.1, 0.15) is 40.0 Å². The number of carbonyl (C=O) groups excluding carboxylic acids is 1. The van der Waals surface area contributed by atoms with Gasteiger partial charge in [-0.05, 0) is 38.0 Å². The van der Waals surface area contributed by atoms with E-state index in [1.165, 1.54) is 12.0 Å². The van der Waals surface area contributed by atoms with Crippen LogP contribution < -0.4 is 0 Å². The van der Waals surface area contributed by atoms with Crippen molar-refractivity contribution in [3.05, 3.63) is 11.6 Å². The zero-order valence-corrected chi connectivity index (χ0v) is 9.38. The standard InChI is InChI=1S/C12H20O2/c1-4-14-12(13)8-11-6-9(2)5-10(3)7-11/h8-10H,4-7H2,1-3H3/t9-,10+. The van der Waals surface area contributed by atoms with E-state index in [4.69, 9.17) is 4.74 Å². The number of rotatable bonds is 2. The molecule has 0 aromatic heterocycles. The third-order valence-electron chi connectivity index (χ3n) is 2.63. The van der Waals surface area contributed by atoms with E-state index >= 15 is 0 Å². The third-order valence-corrected chi connectivity index (χ3v) is 2.63. The van der Waals surface area contributed by atoms with Crippen molar-refractivity contribution < 1.29 is 9.53 Å². The summed E-state index contributed by atoms with van der Waals surface area (Å²) in [6, 6.07) is 0. The Labute approximate surface area is 86.3 Å². The predicted octanol–water partition coefficient (Wildman–Crippen LogP) is 2.93. The highest BCUT2D eigenvalue weighted by molar-refractivity contribution is 5.82. The van der Waals surface area contributed by atoms with Crippen LogP contribution in [0, 0.1) is 11.8 Å². The fraction of sp³-hybridized carbons (Fsp3) is 0.750. The lowest BCUT2D eigenvalue weighted by molar-refractivity contribution is -0.137. The largest absolute Gasteiger partial charge is 0.463 e. The molecule has 0 amide bonds. The number of carbonyl (C=O) groups is 1. The monoisotopic (exact) mass is 196 g/mol. The Kier molecular flexibility index (Phi) is 4.18. The van der Waals surface area contributed by atoms with E-state index in [0.29, 0.717) is 18.4 Å². The minimum atomic E-state index is -0.177. The summed E-state index contributed by atoms with van der Waals surface area (Å²) in [6.45, 7) is 6.79. The Morgan fingerprint density at radius 3 is 2.50 bits per heavy atom. The molecule has 0 unspecified atom stereocenters. The number of ether oxygens (including phenoxy) is 1. The van der Waals surface area contributed by atoms with Gasteiger partial charge >= 0.3 is 5.97 Å².